The number of nitrogens with one attached hydrogen (secondary N) is 3. The van der Waals surface area contributed by atoms with Gasteiger partial charge in [0.15, 0.2) is 0 Å². The molecule has 0 unspecified atom stereocenters. The lowest BCUT2D eigenvalue weighted by atomic mass is 10.0. The van der Waals surface area contributed by atoms with Gasteiger partial charge in [0.05, 0.1) is 44.0 Å². The molecule has 9 nitrogen and oxygen atoms in total. The van der Waals surface area contributed by atoms with Crippen LogP contribution in [-0.4, -0.2) is 60.9 Å². The molecule has 0 spiro atoms. The fourth-order valence-electron chi connectivity index (χ4n) is 3.57. The van der Waals surface area contributed by atoms with Gasteiger partial charge in [0.1, 0.15) is 0 Å². The van der Waals surface area contributed by atoms with Crippen LogP contribution in [0.1, 0.15) is 28.4 Å². The van der Waals surface area contributed by atoms with E-state index >= 15 is 0 Å². The molecule has 1 heterocycles. The van der Waals surface area contributed by atoms with E-state index in [1.807, 2.05) is 13.2 Å². The largest absolute Gasteiger partial charge is 0.416 e. The van der Waals surface area contributed by atoms with E-state index < -0.39 is 11.7 Å². The monoisotopic (exact) mass is 547 g/mol. The summed E-state index contributed by atoms with van der Waals surface area (Å²) in [6.45, 7) is 3.91. The van der Waals surface area contributed by atoms with Crippen LogP contribution in [0.5, 0.6) is 0 Å². The number of alkyl halides is 3. The van der Waals surface area contributed by atoms with Crippen LogP contribution < -0.4 is 16.0 Å². The van der Waals surface area contributed by atoms with Crippen LogP contribution in [-0.2, 0) is 34.0 Å². The molecular formula is C27H32F3N5O4. The number of hydrogen-bond acceptors (Lipinski definition) is 6. The van der Waals surface area contributed by atoms with Crippen LogP contribution in [0.2, 0.25) is 0 Å². The zero-order chi connectivity index (χ0) is 28.3. The Labute approximate surface area is 224 Å². The van der Waals surface area contributed by atoms with E-state index in [1.165, 1.54) is 19.1 Å². The van der Waals surface area contributed by atoms with E-state index in [0.29, 0.717) is 67.6 Å². The standard InChI is InChI=1S/C27H32F3N5O4/c1-19(36)31-9-11-38-13-14-39-12-10-32-26(37)21-5-8-24(23(15-21)25-17-35(2)18-34-25)33-16-20-3-6-22(7-4-20)27(28,29)30/h3-8,15,17-18,33H,9-14,16H2,1-2H3,(H,31,36)(H,32,37). The second-order valence-electron chi connectivity index (χ2n) is 8.70. The van der Waals surface area contributed by atoms with Crippen molar-refractivity contribution in [2.75, 3.05) is 44.8 Å². The minimum Gasteiger partial charge on any atom is -0.380 e. The van der Waals surface area contributed by atoms with Gasteiger partial charge in [-0.15, -0.1) is 0 Å². The van der Waals surface area contributed by atoms with Crippen molar-refractivity contribution in [3.05, 3.63) is 71.7 Å². The molecule has 2 amide bonds. The summed E-state index contributed by atoms with van der Waals surface area (Å²) in [5.74, 6) is -0.390. The SMILES string of the molecule is CC(=O)NCCOCCOCCNC(=O)c1ccc(NCc2ccc(C(F)(F)F)cc2)c(-c2cn(C)cn2)c1. The molecule has 0 aliphatic heterocycles. The lowest BCUT2D eigenvalue weighted by molar-refractivity contribution is -0.137. The number of carbonyl (C=O) groups is 2. The molecule has 3 aromatic rings. The molecule has 210 valence electrons. The summed E-state index contributed by atoms with van der Waals surface area (Å²) >= 11 is 0. The molecule has 0 saturated heterocycles. The second-order valence-corrected chi connectivity index (χ2v) is 8.70. The first-order valence-electron chi connectivity index (χ1n) is 12.3. The van der Waals surface area contributed by atoms with E-state index in [-0.39, 0.29) is 18.4 Å². The van der Waals surface area contributed by atoms with Gasteiger partial charge in [-0.05, 0) is 35.9 Å². The van der Waals surface area contributed by atoms with Gasteiger partial charge in [-0.1, -0.05) is 12.1 Å². The molecule has 0 fully saturated rings. The van der Waals surface area contributed by atoms with Crippen LogP contribution in [0, 0.1) is 0 Å². The van der Waals surface area contributed by atoms with Gasteiger partial charge in [-0.2, -0.15) is 13.2 Å². The van der Waals surface area contributed by atoms with Crippen LogP contribution in [0.3, 0.4) is 0 Å². The van der Waals surface area contributed by atoms with Crippen molar-refractivity contribution >= 4 is 17.5 Å². The van der Waals surface area contributed by atoms with Gasteiger partial charge in [-0.25, -0.2) is 4.98 Å². The van der Waals surface area contributed by atoms with Gasteiger partial charge in [-0.3, -0.25) is 9.59 Å². The van der Waals surface area contributed by atoms with Crippen molar-refractivity contribution < 1.29 is 32.2 Å². The van der Waals surface area contributed by atoms with E-state index in [4.69, 9.17) is 9.47 Å². The first kappa shape index (κ1) is 29.7. The Bertz CT molecular complexity index is 1230. The van der Waals surface area contributed by atoms with Crippen LogP contribution in [0.15, 0.2) is 55.0 Å². The highest BCUT2D eigenvalue weighted by Gasteiger charge is 2.29. The van der Waals surface area contributed by atoms with E-state index in [9.17, 15) is 22.8 Å². The Morgan fingerprint density at radius 1 is 0.949 bits per heavy atom. The third kappa shape index (κ3) is 9.73. The number of aromatic nitrogens is 2. The average Bonchev–Trinajstić information content (AvgIpc) is 3.34. The summed E-state index contributed by atoms with van der Waals surface area (Å²) in [6.07, 6.45) is -0.931. The minimum absolute atomic E-state index is 0.109. The molecule has 39 heavy (non-hydrogen) atoms. The van der Waals surface area contributed by atoms with Gasteiger partial charge >= 0.3 is 6.18 Å². The quantitative estimate of drug-likeness (QED) is 0.266. The number of amides is 2. The van der Waals surface area contributed by atoms with Crippen molar-refractivity contribution in [1.82, 2.24) is 20.2 Å². The summed E-state index contributed by atoms with van der Waals surface area (Å²) in [6, 6.07) is 10.1. The Hall–Kier alpha value is -3.90. The Morgan fingerprint density at radius 2 is 1.62 bits per heavy atom. The summed E-state index contributed by atoms with van der Waals surface area (Å²) in [4.78, 5) is 27.9. The van der Waals surface area contributed by atoms with Gasteiger partial charge < -0.3 is 30.0 Å². The highest BCUT2D eigenvalue weighted by atomic mass is 19.4. The normalized spacial score (nSPS) is 11.3. The van der Waals surface area contributed by atoms with Crippen LogP contribution in [0.25, 0.3) is 11.3 Å². The minimum atomic E-state index is -4.38. The zero-order valence-corrected chi connectivity index (χ0v) is 21.8. The van der Waals surface area contributed by atoms with E-state index in [2.05, 4.69) is 20.9 Å². The van der Waals surface area contributed by atoms with Crippen LogP contribution in [0.4, 0.5) is 18.9 Å². The fraction of sp³-hybridized carbons (Fsp3) is 0.370. The lowest BCUT2D eigenvalue weighted by Crippen LogP contribution is -2.28. The number of hydrogen-bond donors (Lipinski definition) is 3. The smallest absolute Gasteiger partial charge is 0.380 e. The number of carbonyl (C=O) groups excluding carboxylic acids is 2. The highest BCUT2D eigenvalue weighted by Crippen LogP contribution is 2.30. The third-order valence-electron chi connectivity index (χ3n) is 5.55. The van der Waals surface area contributed by atoms with Gasteiger partial charge in [0.25, 0.3) is 5.91 Å². The first-order chi connectivity index (χ1) is 18.6. The summed E-state index contributed by atoms with van der Waals surface area (Å²) in [5.41, 5.74) is 2.42. The Morgan fingerprint density at radius 3 is 2.21 bits per heavy atom. The first-order valence-corrected chi connectivity index (χ1v) is 12.3. The number of imidazole rings is 1. The average molecular weight is 548 g/mol. The molecular weight excluding hydrogens is 515 g/mol. The summed E-state index contributed by atoms with van der Waals surface area (Å²) in [5, 5.41) is 8.68. The Balaban J connectivity index is 1.54. The van der Waals surface area contributed by atoms with Crippen molar-refractivity contribution in [3.8, 4) is 11.3 Å². The molecule has 1 aromatic heterocycles. The lowest BCUT2D eigenvalue weighted by Gasteiger charge is -2.14. The highest BCUT2D eigenvalue weighted by molar-refractivity contribution is 5.96. The van der Waals surface area contributed by atoms with Crippen molar-refractivity contribution in [2.45, 2.75) is 19.6 Å². The number of ether oxygens (including phenoxy) is 2. The number of halogens is 3. The van der Waals surface area contributed by atoms with Crippen LogP contribution >= 0.6 is 0 Å². The number of benzene rings is 2. The number of anilines is 1. The van der Waals surface area contributed by atoms with E-state index in [1.54, 1.807) is 29.1 Å². The number of aryl methyl sites for hydroxylation is 1. The molecule has 3 rings (SSSR count). The van der Waals surface area contributed by atoms with Crippen molar-refractivity contribution in [1.29, 1.82) is 0 Å². The zero-order valence-electron chi connectivity index (χ0n) is 21.8. The maximum atomic E-state index is 12.8. The molecule has 0 bridgehead atoms. The maximum absolute atomic E-state index is 12.8. The summed E-state index contributed by atoms with van der Waals surface area (Å²) < 4.78 is 51.1. The van der Waals surface area contributed by atoms with Crippen molar-refractivity contribution in [3.63, 3.8) is 0 Å². The Kier molecular flexibility index (Phi) is 10.9. The molecule has 2 aromatic carbocycles. The third-order valence-corrected chi connectivity index (χ3v) is 5.55. The number of nitrogens with zero attached hydrogens (tertiary/aromatic N) is 2. The van der Waals surface area contributed by atoms with Gasteiger partial charge in [0.2, 0.25) is 5.91 Å². The maximum Gasteiger partial charge on any atom is 0.416 e. The molecule has 0 atom stereocenters. The number of rotatable bonds is 14. The molecule has 3 N–H and O–H groups in total. The molecule has 0 saturated carbocycles. The molecule has 0 aliphatic rings. The summed E-state index contributed by atoms with van der Waals surface area (Å²) in [7, 11) is 1.83. The molecule has 0 aliphatic carbocycles. The van der Waals surface area contributed by atoms with Gasteiger partial charge in [0, 0.05) is 56.6 Å². The topological polar surface area (TPSA) is 107 Å². The molecule has 12 heteroatoms. The second kappa shape index (κ2) is 14.3. The predicted molar refractivity (Wildman–Crippen MR) is 140 cm³/mol. The fourth-order valence-corrected chi connectivity index (χ4v) is 3.57. The molecule has 0 radical (unpaired) electrons. The van der Waals surface area contributed by atoms with Crippen molar-refractivity contribution in [2.24, 2.45) is 7.05 Å². The predicted octanol–water partition coefficient (Wildman–Crippen LogP) is 3.62. The van der Waals surface area contributed by atoms with E-state index in [0.717, 1.165) is 12.1 Å².